The van der Waals surface area contributed by atoms with Crippen molar-refractivity contribution >= 4 is 27.5 Å². The van der Waals surface area contributed by atoms with E-state index < -0.39 is 0 Å². The molecule has 4 rings (SSSR count). The molecule has 0 fully saturated rings. The number of amides is 1. The van der Waals surface area contributed by atoms with E-state index in [1.807, 2.05) is 54.2 Å². The minimum Gasteiger partial charge on any atom is -0.349 e. The fourth-order valence-electron chi connectivity index (χ4n) is 2.76. The molecule has 0 aliphatic heterocycles. The van der Waals surface area contributed by atoms with Gasteiger partial charge >= 0.3 is 0 Å². The lowest BCUT2D eigenvalue weighted by Crippen LogP contribution is -2.26. The highest BCUT2D eigenvalue weighted by Gasteiger charge is 2.17. The second-order valence-electron chi connectivity index (χ2n) is 5.91. The molecular formula is C18H17N5OS. The molecule has 6 nitrogen and oxygen atoms in total. The number of hydrogen-bond acceptors (Lipinski definition) is 4. The Morgan fingerprint density at radius 1 is 1.28 bits per heavy atom. The van der Waals surface area contributed by atoms with Gasteiger partial charge < -0.3 is 9.47 Å². The topological polar surface area (TPSA) is 66.8 Å². The van der Waals surface area contributed by atoms with Crippen LogP contribution in [0.3, 0.4) is 0 Å². The number of nitrogens with zero attached hydrogens (tertiary/aromatic N) is 4. The van der Waals surface area contributed by atoms with E-state index in [4.69, 9.17) is 0 Å². The average Bonchev–Trinajstić information content (AvgIpc) is 3.31. The molecule has 0 aliphatic rings. The first-order valence-corrected chi connectivity index (χ1v) is 8.70. The number of fused-ring (bicyclic) bond motifs is 1. The molecule has 1 N–H and O–H groups in total. The molecule has 0 saturated carbocycles. The predicted molar refractivity (Wildman–Crippen MR) is 98.4 cm³/mol. The molecule has 4 aromatic rings. The van der Waals surface area contributed by atoms with Gasteiger partial charge in [0.05, 0.1) is 22.5 Å². The van der Waals surface area contributed by atoms with Crippen LogP contribution in [0.1, 0.15) is 15.5 Å². The van der Waals surface area contributed by atoms with E-state index in [1.54, 1.807) is 29.4 Å². The predicted octanol–water partition coefficient (Wildman–Crippen LogP) is 3.30. The van der Waals surface area contributed by atoms with E-state index in [1.165, 1.54) is 0 Å². The number of thiazole rings is 1. The first kappa shape index (κ1) is 15.6. The SMILES string of the molecule is CN(Cc1nc2ccccc2s1)C(=O)c1cc(-c2cccn2C)n[nH]1. The molecule has 0 unspecified atom stereocenters. The molecule has 1 amide bonds. The third kappa shape index (κ3) is 2.94. The van der Waals surface area contributed by atoms with E-state index in [-0.39, 0.29) is 5.91 Å². The number of nitrogens with one attached hydrogen (secondary N) is 1. The second-order valence-corrected chi connectivity index (χ2v) is 7.02. The summed E-state index contributed by atoms with van der Waals surface area (Å²) >= 11 is 1.61. The zero-order valence-corrected chi connectivity index (χ0v) is 14.7. The number of hydrogen-bond donors (Lipinski definition) is 1. The van der Waals surface area contributed by atoms with Crippen LogP contribution in [0, 0.1) is 0 Å². The molecular weight excluding hydrogens is 334 g/mol. The van der Waals surface area contributed by atoms with E-state index in [9.17, 15) is 4.79 Å². The van der Waals surface area contributed by atoms with Gasteiger partial charge in [0.2, 0.25) is 0 Å². The summed E-state index contributed by atoms with van der Waals surface area (Å²) < 4.78 is 3.10. The lowest BCUT2D eigenvalue weighted by molar-refractivity contribution is 0.0779. The van der Waals surface area contributed by atoms with Crippen LogP contribution in [0.15, 0.2) is 48.7 Å². The first-order valence-electron chi connectivity index (χ1n) is 7.89. The lowest BCUT2D eigenvalue weighted by atomic mass is 10.2. The normalized spacial score (nSPS) is 11.1. The Hall–Kier alpha value is -2.93. The Labute approximate surface area is 148 Å². The Kier molecular flexibility index (Phi) is 3.85. The van der Waals surface area contributed by atoms with Crippen molar-refractivity contribution in [1.29, 1.82) is 0 Å². The number of aromatic nitrogens is 4. The Balaban J connectivity index is 1.52. The van der Waals surface area contributed by atoms with Crippen molar-refractivity contribution in [3.8, 4) is 11.4 Å². The van der Waals surface area contributed by atoms with Gasteiger partial charge in [-0.1, -0.05) is 12.1 Å². The van der Waals surface area contributed by atoms with Gasteiger partial charge in [-0.3, -0.25) is 9.89 Å². The zero-order valence-electron chi connectivity index (χ0n) is 13.9. The highest BCUT2D eigenvalue weighted by molar-refractivity contribution is 7.18. The highest BCUT2D eigenvalue weighted by Crippen LogP contribution is 2.23. The highest BCUT2D eigenvalue weighted by atomic mass is 32.1. The van der Waals surface area contributed by atoms with Gasteiger partial charge in [-0.2, -0.15) is 5.10 Å². The van der Waals surface area contributed by atoms with E-state index in [0.717, 1.165) is 26.6 Å². The second kappa shape index (κ2) is 6.18. The average molecular weight is 351 g/mol. The fourth-order valence-corrected chi connectivity index (χ4v) is 3.78. The smallest absolute Gasteiger partial charge is 0.272 e. The largest absolute Gasteiger partial charge is 0.349 e. The monoisotopic (exact) mass is 351 g/mol. The number of rotatable bonds is 4. The first-order chi connectivity index (χ1) is 12.1. The van der Waals surface area contributed by atoms with Crippen molar-refractivity contribution in [2.45, 2.75) is 6.54 Å². The van der Waals surface area contributed by atoms with Crippen molar-refractivity contribution in [1.82, 2.24) is 24.6 Å². The number of benzene rings is 1. The quantitative estimate of drug-likeness (QED) is 0.613. The third-order valence-electron chi connectivity index (χ3n) is 4.07. The zero-order chi connectivity index (χ0) is 17.4. The van der Waals surface area contributed by atoms with Crippen LogP contribution in [0.2, 0.25) is 0 Å². The number of carbonyl (C=O) groups is 1. The Morgan fingerprint density at radius 2 is 2.12 bits per heavy atom. The van der Waals surface area contributed by atoms with Crippen LogP contribution in [0.5, 0.6) is 0 Å². The summed E-state index contributed by atoms with van der Waals surface area (Å²) in [5.74, 6) is -0.104. The maximum absolute atomic E-state index is 12.7. The molecule has 3 heterocycles. The van der Waals surface area contributed by atoms with Gasteiger partial charge in [-0.15, -0.1) is 11.3 Å². The lowest BCUT2D eigenvalue weighted by Gasteiger charge is -2.13. The molecule has 126 valence electrons. The van der Waals surface area contributed by atoms with Crippen LogP contribution in [0.4, 0.5) is 0 Å². The molecule has 0 aliphatic carbocycles. The maximum Gasteiger partial charge on any atom is 0.272 e. The van der Waals surface area contributed by atoms with Gasteiger partial charge in [0, 0.05) is 20.3 Å². The molecule has 0 bridgehead atoms. The Bertz CT molecular complexity index is 1010. The molecule has 0 spiro atoms. The number of aryl methyl sites for hydroxylation is 1. The molecule has 0 saturated heterocycles. The third-order valence-corrected chi connectivity index (χ3v) is 5.09. The van der Waals surface area contributed by atoms with Crippen molar-refractivity contribution < 1.29 is 4.79 Å². The summed E-state index contributed by atoms with van der Waals surface area (Å²) in [6, 6.07) is 13.7. The molecule has 7 heteroatoms. The van der Waals surface area contributed by atoms with Crippen LogP contribution < -0.4 is 0 Å². The summed E-state index contributed by atoms with van der Waals surface area (Å²) in [7, 11) is 3.72. The van der Waals surface area contributed by atoms with Crippen LogP contribution in [-0.2, 0) is 13.6 Å². The van der Waals surface area contributed by atoms with Crippen molar-refractivity contribution in [3.05, 3.63) is 59.4 Å². The van der Waals surface area contributed by atoms with Crippen LogP contribution >= 0.6 is 11.3 Å². The molecule has 1 aromatic carbocycles. The van der Waals surface area contributed by atoms with Crippen molar-refractivity contribution in [2.24, 2.45) is 7.05 Å². The van der Waals surface area contributed by atoms with Crippen LogP contribution in [0.25, 0.3) is 21.6 Å². The summed E-state index contributed by atoms with van der Waals surface area (Å²) in [4.78, 5) is 18.9. The molecule has 3 aromatic heterocycles. The fraction of sp³-hybridized carbons (Fsp3) is 0.167. The number of aromatic amines is 1. The van der Waals surface area contributed by atoms with Gasteiger partial charge in [0.1, 0.15) is 16.4 Å². The standard InChI is InChI=1S/C18H17N5OS/c1-22-9-5-7-15(22)13-10-14(21-20-13)18(24)23(2)11-17-19-12-6-3-4-8-16(12)25-17/h3-10H,11H2,1-2H3,(H,20,21). The molecule has 25 heavy (non-hydrogen) atoms. The maximum atomic E-state index is 12.7. The summed E-state index contributed by atoms with van der Waals surface area (Å²) in [5.41, 5.74) is 3.16. The molecule has 0 radical (unpaired) electrons. The number of para-hydroxylation sites is 1. The van der Waals surface area contributed by atoms with E-state index in [0.29, 0.717) is 12.2 Å². The Morgan fingerprint density at radius 3 is 2.88 bits per heavy atom. The van der Waals surface area contributed by atoms with Crippen LogP contribution in [-0.4, -0.2) is 37.6 Å². The van der Waals surface area contributed by atoms with Gasteiger partial charge in [0.15, 0.2) is 0 Å². The summed E-state index contributed by atoms with van der Waals surface area (Å²) in [6.07, 6.45) is 1.95. The minimum atomic E-state index is -0.104. The van der Waals surface area contributed by atoms with E-state index in [2.05, 4.69) is 15.2 Å². The number of carbonyl (C=O) groups excluding carboxylic acids is 1. The van der Waals surface area contributed by atoms with Crippen molar-refractivity contribution in [3.63, 3.8) is 0 Å². The van der Waals surface area contributed by atoms with Gasteiger partial charge in [-0.25, -0.2) is 4.98 Å². The van der Waals surface area contributed by atoms with E-state index >= 15 is 0 Å². The molecule has 0 atom stereocenters. The van der Waals surface area contributed by atoms with Gasteiger partial charge in [0.25, 0.3) is 5.91 Å². The number of H-pyrrole nitrogens is 1. The van der Waals surface area contributed by atoms with Crippen molar-refractivity contribution in [2.75, 3.05) is 7.05 Å². The minimum absolute atomic E-state index is 0.104. The van der Waals surface area contributed by atoms with Gasteiger partial charge in [-0.05, 0) is 30.3 Å². The summed E-state index contributed by atoms with van der Waals surface area (Å²) in [5, 5.41) is 8.02. The summed E-state index contributed by atoms with van der Waals surface area (Å²) in [6.45, 7) is 0.469.